The number of ether oxygens (including phenoxy) is 1. The van der Waals surface area contributed by atoms with Gasteiger partial charge in [0.1, 0.15) is 11.0 Å². The van der Waals surface area contributed by atoms with Gasteiger partial charge in [-0.15, -0.1) is 0 Å². The molecule has 1 unspecified atom stereocenters. The predicted molar refractivity (Wildman–Crippen MR) is 84.2 cm³/mol. The Bertz CT molecular complexity index is 544. The van der Waals surface area contributed by atoms with E-state index in [4.69, 9.17) is 16.3 Å². The van der Waals surface area contributed by atoms with Crippen molar-refractivity contribution in [2.75, 3.05) is 44.8 Å². The lowest BCUT2D eigenvalue weighted by atomic mass is 9.76. The van der Waals surface area contributed by atoms with Gasteiger partial charge in [0.25, 0.3) is 0 Å². The summed E-state index contributed by atoms with van der Waals surface area (Å²) in [5, 5.41) is 0.606. The van der Waals surface area contributed by atoms with E-state index in [1.54, 1.807) is 0 Å². The highest BCUT2D eigenvalue weighted by molar-refractivity contribution is 6.29. The number of anilines is 1. The third kappa shape index (κ3) is 2.24. The average Bonchev–Trinajstić information content (AvgIpc) is 3.03. The van der Waals surface area contributed by atoms with E-state index in [0.29, 0.717) is 11.2 Å². The molecular formula is C16H22ClN3O. The van der Waals surface area contributed by atoms with Gasteiger partial charge in [0, 0.05) is 43.3 Å². The number of halogens is 1. The largest absolute Gasteiger partial charge is 0.381 e. The van der Waals surface area contributed by atoms with Crippen LogP contribution < -0.4 is 4.90 Å². The summed E-state index contributed by atoms with van der Waals surface area (Å²) in [7, 11) is 2.20. The van der Waals surface area contributed by atoms with Gasteiger partial charge in [-0.1, -0.05) is 17.7 Å². The van der Waals surface area contributed by atoms with Crippen molar-refractivity contribution in [3.63, 3.8) is 0 Å². The van der Waals surface area contributed by atoms with E-state index < -0.39 is 0 Å². The number of likely N-dealkylation sites (N-methyl/N-ethyl adjacent to an activating group) is 1. The topological polar surface area (TPSA) is 28.6 Å². The molecule has 1 atom stereocenters. The SMILES string of the molecule is CN1CCC(N2CC3(CCOCC3)c3ccc(Cl)nc32)C1. The van der Waals surface area contributed by atoms with Crippen LogP contribution in [0.2, 0.25) is 5.15 Å². The molecule has 5 heteroatoms. The maximum atomic E-state index is 6.18. The molecule has 0 bridgehead atoms. The smallest absolute Gasteiger partial charge is 0.134 e. The van der Waals surface area contributed by atoms with E-state index in [1.165, 1.54) is 18.5 Å². The minimum atomic E-state index is 0.229. The maximum absolute atomic E-state index is 6.18. The van der Waals surface area contributed by atoms with Crippen molar-refractivity contribution < 1.29 is 4.74 Å². The number of nitrogens with zero attached hydrogens (tertiary/aromatic N) is 3. The number of hydrogen-bond donors (Lipinski definition) is 0. The molecule has 0 aliphatic carbocycles. The van der Waals surface area contributed by atoms with Gasteiger partial charge < -0.3 is 14.5 Å². The van der Waals surface area contributed by atoms with Gasteiger partial charge in [0.2, 0.25) is 0 Å². The first kappa shape index (κ1) is 13.8. The lowest BCUT2D eigenvalue weighted by Crippen LogP contribution is -2.43. The summed E-state index contributed by atoms with van der Waals surface area (Å²) in [6.07, 6.45) is 3.42. The Kier molecular flexibility index (Phi) is 3.36. The van der Waals surface area contributed by atoms with Crippen LogP contribution in [0.4, 0.5) is 5.82 Å². The minimum absolute atomic E-state index is 0.229. The first-order valence-corrected chi connectivity index (χ1v) is 8.26. The Morgan fingerprint density at radius 1 is 1.33 bits per heavy atom. The Hall–Kier alpha value is -0.840. The summed E-state index contributed by atoms with van der Waals surface area (Å²) in [5.41, 5.74) is 1.62. The second-order valence-electron chi connectivity index (χ2n) is 6.73. The molecule has 3 aliphatic rings. The highest BCUT2D eigenvalue weighted by atomic mass is 35.5. The Labute approximate surface area is 131 Å². The van der Waals surface area contributed by atoms with E-state index in [0.717, 1.165) is 45.0 Å². The van der Waals surface area contributed by atoms with Crippen LogP contribution in [-0.2, 0) is 10.2 Å². The first-order chi connectivity index (χ1) is 10.2. The van der Waals surface area contributed by atoms with Gasteiger partial charge >= 0.3 is 0 Å². The van der Waals surface area contributed by atoms with Crippen LogP contribution in [0.25, 0.3) is 0 Å². The van der Waals surface area contributed by atoms with Crippen LogP contribution in [0.5, 0.6) is 0 Å². The molecular weight excluding hydrogens is 286 g/mol. The highest BCUT2D eigenvalue weighted by Crippen LogP contribution is 2.47. The van der Waals surface area contributed by atoms with E-state index in [9.17, 15) is 0 Å². The first-order valence-electron chi connectivity index (χ1n) is 7.88. The fourth-order valence-electron chi connectivity index (χ4n) is 4.20. The molecule has 3 aliphatic heterocycles. The molecule has 1 spiro atoms. The van der Waals surface area contributed by atoms with Crippen LogP contribution in [0, 0.1) is 0 Å². The van der Waals surface area contributed by atoms with Crippen molar-refractivity contribution in [2.45, 2.75) is 30.7 Å². The molecule has 2 fully saturated rings. The number of pyridine rings is 1. The predicted octanol–water partition coefficient (Wildman–Crippen LogP) is 2.31. The van der Waals surface area contributed by atoms with Gasteiger partial charge in [0.15, 0.2) is 0 Å². The Balaban J connectivity index is 1.72. The molecule has 4 rings (SSSR count). The monoisotopic (exact) mass is 307 g/mol. The minimum Gasteiger partial charge on any atom is -0.381 e. The van der Waals surface area contributed by atoms with Crippen molar-refractivity contribution >= 4 is 17.4 Å². The standard InChI is InChI=1S/C16H22ClN3O/c1-19-7-4-12(10-19)20-11-16(5-8-21-9-6-16)13-2-3-14(17)18-15(13)20/h2-3,12H,4-11H2,1H3. The zero-order chi connectivity index (χ0) is 14.4. The van der Waals surface area contributed by atoms with Gasteiger partial charge in [0.05, 0.1) is 0 Å². The molecule has 0 aromatic carbocycles. The molecule has 1 aromatic rings. The van der Waals surface area contributed by atoms with Crippen LogP contribution in [-0.4, -0.2) is 55.8 Å². The summed E-state index contributed by atoms with van der Waals surface area (Å²) < 4.78 is 5.60. The maximum Gasteiger partial charge on any atom is 0.134 e. The summed E-state index contributed by atoms with van der Waals surface area (Å²) in [6.45, 7) is 5.10. The van der Waals surface area contributed by atoms with Gasteiger partial charge in [-0.05, 0) is 38.9 Å². The van der Waals surface area contributed by atoms with Crippen molar-refractivity contribution in [3.05, 3.63) is 22.8 Å². The van der Waals surface area contributed by atoms with Crippen LogP contribution in [0.15, 0.2) is 12.1 Å². The summed E-state index contributed by atoms with van der Waals surface area (Å²) in [4.78, 5) is 9.62. The molecule has 1 aromatic heterocycles. The third-order valence-corrected chi connectivity index (χ3v) is 5.63. The average molecular weight is 308 g/mol. The van der Waals surface area contributed by atoms with Crippen molar-refractivity contribution in [3.8, 4) is 0 Å². The van der Waals surface area contributed by atoms with Crippen molar-refractivity contribution in [1.29, 1.82) is 0 Å². The fourth-order valence-corrected chi connectivity index (χ4v) is 4.35. The third-order valence-electron chi connectivity index (χ3n) is 5.41. The molecule has 0 N–H and O–H groups in total. The number of fused-ring (bicyclic) bond motifs is 2. The quantitative estimate of drug-likeness (QED) is 0.745. The molecule has 2 saturated heterocycles. The van der Waals surface area contributed by atoms with Gasteiger partial charge in [-0.2, -0.15) is 0 Å². The lowest BCUT2D eigenvalue weighted by Gasteiger charge is -2.35. The Morgan fingerprint density at radius 3 is 2.86 bits per heavy atom. The lowest BCUT2D eigenvalue weighted by molar-refractivity contribution is 0.0550. The molecule has 21 heavy (non-hydrogen) atoms. The number of rotatable bonds is 1. The van der Waals surface area contributed by atoms with Crippen LogP contribution in [0.1, 0.15) is 24.8 Å². The molecule has 114 valence electrons. The molecule has 4 nitrogen and oxygen atoms in total. The van der Waals surface area contributed by atoms with Gasteiger partial charge in [-0.25, -0.2) is 4.98 Å². The zero-order valence-electron chi connectivity index (χ0n) is 12.5. The van der Waals surface area contributed by atoms with E-state index in [1.807, 2.05) is 6.07 Å². The van der Waals surface area contributed by atoms with Crippen LogP contribution >= 0.6 is 11.6 Å². The van der Waals surface area contributed by atoms with Gasteiger partial charge in [-0.3, -0.25) is 0 Å². The number of hydrogen-bond acceptors (Lipinski definition) is 4. The highest BCUT2D eigenvalue weighted by Gasteiger charge is 2.47. The molecule has 0 radical (unpaired) electrons. The normalized spacial score (nSPS) is 28.3. The summed E-state index contributed by atoms with van der Waals surface area (Å²) in [5.74, 6) is 1.13. The van der Waals surface area contributed by atoms with Crippen molar-refractivity contribution in [2.24, 2.45) is 0 Å². The number of likely N-dealkylation sites (tertiary alicyclic amines) is 1. The Morgan fingerprint density at radius 2 is 2.14 bits per heavy atom. The van der Waals surface area contributed by atoms with E-state index >= 15 is 0 Å². The zero-order valence-corrected chi connectivity index (χ0v) is 13.3. The summed E-state index contributed by atoms with van der Waals surface area (Å²) >= 11 is 6.18. The second-order valence-corrected chi connectivity index (χ2v) is 7.12. The molecule has 4 heterocycles. The number of aromatic nitrogens is 1. The van der Waals surface area contributed by atoms with Crippen molar-refractivity contribution in [1.82, 2.24) is 9.88 Å². The van der Waals surface area contributed by atoms with E-state index in [-0.39, 0.29) is 5.41 Å². The van der Waals surface area contributed by atoms with E-state index in [2.05, 4.69) is 27.9 Å². The molecule has 0 saturated carbocycles. The fraction of sp³-hybridized carbons (Fsp3) is 0.688. The second kappa shape index (κ2) is 5.11. The molecule has 0 amide bonds. The van der Waals surface area contributed by atoms with Crippen LogP contribution in [0.3, 0.4) is 0 Å². The summed E-state index contributed by atoms with van der Waals surface area (Å²) in [6, 6.07) is 4.72.